The second kappa shape index (κ2) is 6.62. The Morgan fingerprint density at radius 3 is 2.69 bits per heavy atom. The highest BCUT2D eigenvalue weighted by Gasteiger charge is 2.12. The van der Waals surface area contributed by atoms with Crippen molar-refractivity contribution in [2.45, 2.75) is 19.9 Å². The van der Waals surface area contributed by atoms with Gasteiger partial charge in [-0.15, -0.1) is 0 Å². The Bertz CT molecular complexity index is 262. The zero-order valence-corrected chi connectivity index (χ0v) is 10.7. The number of thioether (sulfide) groups is 1. The van der Waals surface area contributed by atoms with Gasteiger partial charge in [0.05, 0.1) is 0 Å². The van der Waals surface area contributed by atoms with Crippen LogP contribution in [0.3, 0.4) is 0 Å². The van der Waals surface area contributed by atoms with Crippen molar-refractivity contribution in [3.05, 3.63) is 0 Å². The molecule has 0 aromatic heterocycles. The molecule has 1 rings (SSSR count). The van der Waals surface area contributed by atoms with Gasteiger partial charge in [0.1, 0.15) is 6.54 Å². The van der Waals surface area contributed by atoms with Crippen LogP contribution in [0.5, 0.6) is 0 Å². The third kappa shape index (κ3) is 4.74. The van der Waals surface area contributed by atoms with Gasteiger partial charge in [0, 0.05) is 30.6 Å². The maximum Gasteiger partial charge on any atom is 0.242 e. The number of aliphatic imine (C=N–C) groups is 1. The number of nitrogens with two attached hydrogens (primary N) is 1. The first-order chi connectivity index (χ1) is 7.59. The normalized spacial score (nSPS) is 17.7. The van der Waals surface area contributed by atoms with E-state index >= 15 is 0 Å². The highest BCUT2D eigenvalue weighted by Crippen LogP contribution is 2.08. The summed E-state index contributed by atoms with van der Waals surface area (Å²) in [6, 6.07) is 0.148. The van der Waals surface area contributed by atoms with Crippen LogP contribution in [0.25, 0.3) is 0 Å². The molecular weight excluding hydrogens is 224 g/mol. The molecule has 1 aliphatic heterocycles. The van der Waals surface area contributed by atoms with Crippen LogP contribution in [0.2, 0.25) is 0 Å². The summed E-state index contributed by atoms with van der Waals surface area (Å²) in [7, 11) is 0. The highest BCUT2D eigenvalue weighted by molar-refractivity contribution is 7.99. The maximum absolute atomic E-state index is 11.3. The lowest BCUT2D eigenvalue weighted by Gasteiger charge is -2.27. The molecule has 0 bridgehead atoms. The van der Waals surface area contributed by atoms with Gasteiger partial charge in [0.2, 0.25) is 5.91 Å². The lowest BCUT2D eigenvalue weighted by Crippen LogP contribution is -2.43. The van der Waals surface area contributed by atoms with E-state index in [1.54, 1.807) is 0 Å². The van der Waals surface area contributed by atoms with Crippen LogP contribution in [0.4, 0.5) is 0 Å². The molecule has 0 radical (unpaired) electrons. The number of carbonyl (C=O) groups excluding carboxylic acids is 1. The topological polar surface area (TPSA) is 70.7 Å². The summed E-state index contributed by atoms with van der Waals surface area (Å²) in [6.07, 6.45) is 0. The second-order valence-corrected chi connectivity index (χ2v) is 5.22. The van der Waals surface area contributed by atoms with E-state index in [-0.39, 0.29) is 18.5 Å². The number of nitrogens with zero attached hydrogens (tertiary/aromatic N) is 2. The van der Waals surface area contributed by atoms with E-state index < -0.39 is 0 Å². The molecular formula is C10H20N4OS. The Morgan fingerprint density at radius 1 is 1.50 bits per heavy atom. The van der Waals surface area contributed by atoms with Gasteiger partial charge in [0.25, 0.3) is 0 Å². The predicted molar refractivity (Wildman–Crippen MR) is 68.7 cm³/mol. The number of carbonyl (C=O) groups is 1. The van der Waals surface area contributed by atoms with Crippen molar-refractivity contribution >= 4 is 23.6 Å². The van der Waals surface area contributed by atoms with E-state index in [0.29, 0.717) is 5.96 Å². The van der Waals surface area contributed by atoms with Crippen molar-refractivity contribution in [3.63, 3.8) is 0 Å². The number of hydrogen-bond acceptors (Lipinski definition) is 3. The summed E-state index contributed by atoms with van der Waals surface area (Å²) in [4.78, 5) is 17.5. The maximum atomic E-state index is 11.3. The molecule has 0 aliphatic carbocycles. The third-order valence-corrected chi connectivity index (χ3v) is 3.11. The molecule has 0 spiro atoms. The number of hydrogen-bond donors (Lipinski definition) is 2. The molecule has 3 N–H and O–H groups in total. The van der Waals surface area contributed by atoms with Crippen LogP contribution >= 0.6 is 11.8 Å². The highest BCUT2D eigenvalue weighted by atomic mass is 32.2. The van der Waals surface area contributed by atoms with Crippen molar-refractivity contribution < 1.29 is 4.79 Å². The van der Waals surface area contributed by atoms with E-state index in [4.69, 9.17) is 5.73 Å². The zero-order chi connectivity index (χ0) is 12.0. The summed E-state index contributed by atoms with van der Waals surface area (Å²) < 4.78 is 0. The first-order valence-electron chi connectivity index (χ1n) is 5.51. The van der Waals surface area contributed by atoms with Crippen LogP contribution in [0.1, 0.15) is 13.8 Å². The lowest BCUT2D eigenvalue weighted by atomic mass is 10.4. The van der Waals surface area contributed by atoms with E-state index in [0.717, 1.165) is 24.6 Å². The molecule has 1 amide bonds. The molecule has 6 heteroatoms. The fraction of sp³-hybridized carbons (Fsp3) is 0.800. The molecule has 0 atom stereocenters. The third-order valence-electron chi connectivity index (χ3n) is 2.17. The predicted octanol–water partition coefficient (Wildman–Crippen LogP) is -0.125. The van der Waals surface area contributed by atoms with Crippen molar-refractivity contribution in [3.8, 4) is 0 Å². The molecule has 0 saturated carbocycles. The van der Waals surface area contributed by atoms with Gasteiger partial charge >= 0.3 is 0 Å². The monoisotopic (exact) mass is 244 g/mol. The van der Waals surface area contributed by atoms with Crippen LogP contribution in [-0.4, -0.2) is 53.9 Å². The standard InChI is InChI=1S/C10H20N4OS/c1-8(2)13-9(15)7-12-10(11)14-3-5-16-6-4-14/h8H,3-7H2,1-2H3,(H2,11,12)(H,13,15). The van der Waals surface area contributed by atoms with Crippen molar-refractivity contribution in [2.24, 2.45) is 10.7 Å². The minimum absolute atomic E-state index is 0.0793. The zero-order valence-electron chi connectivity index (χ0n) is 9.90. The first-order valence-corrected chi connectivity index (χ1v) is 6.67. The van der Waals surface area contributed by atoms with E-state index in [1.807, 2.05) is 30.5 Å². The second-order valence-electron chi connectivity index (χ2n) is 4.00. The van der Waals surface area contributed by atoms with Crippen LogP contribution in [-0.2, 0) is 4.79 Å². The average molecular weight is 244 g/mol. The smallest absolute Gasteiger partial charge is 0.242 e. The molecule has 1 fully saturated rings. The largest absolute Gasteiger partial charge is 0.370 e. The van der Waals surface area contributed by atoms with Gasteiger partial charge in [-0.2, -0.15) is 11.8 Å². The molecule has 0 unspecified atom stereocenters. The van der Waals surface area contributed by atoms with Gasteiger partial charge in [-0.1, -0.05) is 0 Å². The van der Waals surface area contributed by atoms with Gasteiger partial charge in [-0.3, -0.25) is 4.79 Å². The Balaban J connectivity index is 2.34. The van der Waals surface area contributed by atoms with Gasteiger partial charge in [0.15, 0.2) is 5.96 Å². The Kier molecular flexibility index (Phi) is 5.45. The van der Waals surface area contributed by atoms with Crippen LogP contribution < -0.4 is 11.1 Å². The molecule has 16 heavy (non-hydrogen) atoms. The fourth-order valence-electron chi connectivity index (χ4n) is 1.41. The van der Waals surface area contributed by atoms with Crippen molar-refractivity contribution in [1.82, 2.24) is 10.2 Å². The molecule has 0 aromatic rings. The van der Waals surface area contributed by atoms with Gasteiger partial charge < -0.3 is 16.0 Å². The summed E-state index contributed by atoms with van der Waals surface area (Å²) in [5.41, 5.74) is 5.81. The Hall–Kier alpha value is -0.910. The minimum atomic E-state index is -0.0793. The molecule has 1 saturated heterocycles. The Labute approximate surface area is 101 Å². The summed E-state index contributed by atoms with van der Waals surface area (Å²) in [5, 5.41) is 2.78. The van der Waals surface area contributed by atoms with E-state index in [2.05, 4.69) is 10.3 Å². The van der Waals surface area contributed by atoms with E-state index in [1.165, 1.54) is 0 Å². The molecule has 1 aliphatic rings. The molecule has 92 valence electrons. The summed E-state index contributed by atoms with van der Waals surface area (Å²) in [6.45, 7) is 5.81. The van der Waals surface area contributed by atoms with Crippen molar-refractivity contribution in [2.75, 3.05) is 31.1 Å². The van der Waals surface area contributed by atoms with Crippen LogP contribution in [0.15, 0.2) is 4.99 Å². The van der Waals surface area contributed by atoms with Gasteiger partial charge in [-0.25, -0.2) is 4.99 Å². The summed E-state index contributed by atoms with van der Waals surface area (Å²) in [5.74, 6) is 2.56. The summed E-state index contributed by atoms with van der Waals surface area (Å²) >= 11 is 1.92. The lowest BCUT2D eigenvalue weighted by molar-refractivity contribution is -0.120. The number of amides is 1. The fourth-order valence-corrected chi connectivity index (χ4v) is 2.32. The minimum Gasteiger partial charge on any atom is -0.370 e. The Morgan fingerprint density at radius 2 is 2.12 bits per heavy atom. The first kappa shape index (κ1) is 13.2. The average Bonchev–Trinajstić information content (AvgIpc) is 2.26. The van der Waals surface area contributed by atoms with Crippen molar-refractivity contribution in [1.29, 1.82) is 0 Å². The molecule has 0 aromatic carbocycles. The van der Waals surface area contributed by atoms with Gasteiger partial charge in [-0.05, 0) is 13.8 Å². The molecule has 5 nitrogen and oxygen atoms in total. The number of nitrogens with one attached hydrogen (secondary N) is 1. The number of rotatable bonds is 3. The van der Waals surface area contributed by atoms with E-state index in [9.17, 15) is 4.79 Å². The molecule has 1 heterocycles. The quantitative estimate of drug-likeness (QED) is 0.536. The SMILES string of the molecule is CC(C)NC(=O)CN=C(N)N1CCSCC1. The number of guanidine groups is 1. The van der Waals surface area contributed by atoms with Crippen LogP contribution in [0, 0.1) is 0 Å².